The quantitative estimate of drug-likeness (QED) is 0.337. The SMILES string of the molecule is CC1CCC(c2ccc(C(=O)C3C(=O)c4cccc([N+](=O)[O-])c4C3=O)cc2)OC1. The maximum atomic E-state index is 12.9. The molecule has 4 rings (SSSR count). The summed E-state index contributed by atoms with van der Waals surface area (Å²) in [5.41, 5.74) is 0.373. The number of ketones is 3. The molecule has 0 saturated carbocycles. The highest BCUT2D eigenvalue weighted by Gasteiger charge is 2.47. The summed E-state index contributed by atoms with van der Waals surface area (Å²) < 4.78 is 5.83. The number of ether oxygens (including phenoxy) is 1. The number of Topliss-reactive ketones (excluding diaryl/α,β-unsaturated/α-hetero) is 3. The molecule has 1 fully saturated rings. The highest BCUT2D eigenvalue weighted by molar-refractivity contribution is 6.38. The second-order valence-electron chi connectivity index (χ2n) is 7.61. The molecule has 2 aliphatic rings. The third-order valence-electron chi connectivity index (χ3n) is 5.61. The zero-order chi connectivity index (χ0) is 20.7. The molecule has 0 bridgehead atoms. The van der Waals surface area contributed by atoms with Crippen LogP contribution in [0.3, 0.4) is 0 Å². The Bertz CT molecular complexity index is 1020. The molecular formula is C22H19NO6. The second kappa shape index (κ2) is 7.33. The van der Waals surface area contributed by atoms with E-state index in [2.05, 4.69) is 6.92 Å². The molecule has 29 heavy (non-hydrogen) atoms. The first-order chi connectivity index (χ1) is 13.9. The molecule has 0 aromatic heterocycles. The Labute approximate surface area is 166 Å². The fourth-order valence-corrected chi connectivity index (χ4v) is 3.99. The fourth-order valence-electron chi connectivity index (χ4n) is 3.99. The minimum Gasteiger partial charge on any atom is -0.373 e. The normalized spacial score (nSPS) is 23.7. The van der Waals surface area contributed by atoms with Crippen LogP contribution in [0.1, 0.15) is 62.5 Å². The lowest BCUT2D eigenvalue weighted by Gasteiger charge is -2.27. The lowest BCUT2D eigenvalue weighted by Crippen LogP contribution is -2.26. The number of benzene rings is 2. The largest absolute Gasteiger partial charge is 0.373 e. The molecule has 0 amide bonds. The first kappa shape index (κ1) is 19.1. The van der Waals surface area contributed by atoms with E-state index in [9.17, 15) is 24.5 Å². The van der Waals surface area contributed by atoms with Crippen molar-refractivity contribution in [1.82, 2.24) is 0 Å². The third kappa shape index (κ3) is 3.27. The van der Waals surface area contributed by atoms with Gasteiger partial charge in [0.1, 0.15) is 11.5 Å². The standard InChI is InChI=1S/C22H19NO6/c1-12-5-10-17(29-11-12)13-6-8-14(9-7-13)20(24)19-21(25)15-3-2-4-16(23(27)28)18(15)22(19)26/h2-4,6-9,12,17,19H,5,10-11H2,1H3. The first-order valence-corrected chi connectivity index (χ1v) is 9.50. The van der Waals surface area contributed by atoms with E-state index >= 15 is 0 Å². The van der Waals surface area contributed by atoms with Crippen LogP contribution in [0.5, 0.6) is 0 Å². The average Bonchev–Trinajstić information content (AvgIpc) is 2.98. The predicted molar refractivity (Wildman–Crippen MR) is 103 cm³/mol. The molecular weight excluding hydrogens is 374 g/mol. The van der Waals surface area contributed by atoms with Crippen molar-refractivity contribution in [3.05, 3.63) is 74.8 Å². The molecule has 2 aromatic rings. The Kier molecular flexibility index (Phi) is 4.84. The summed E-state index contributed by atoms with van der Waals surface area (Å²) in [5.74, 6) is -3.18. The van der Waals surface area contributed by atoms with Gasteiger partial charge < -0.3 is 4.74 Å². The van der Waals surface area contributed by atoms with E-state index in [-0.39, 0.29) is 22.8 Å². The summed E-state index contributed by atoms with van der Waals surface area (Å²) in [4.78, 5) is 48.8. The van der Waals surface area contributed by atoms with Crippen molar-refractivity contribution < 1.29 is 24.0 Å². The van der Waals surface area contributed by atoms with Crippen LogP contribution in [-0.4, -0.2) is 28.9 Å². The van der Waals surface area contributed by atoms with Crippen LogP contribution in [-0.2, 0) is 4.74 Å². The van der Waals surface area contributed by atoms with Crippen molar-refractivity contribution in [2.24, 2.45) is 11.8 Å². The molecule has 1 saturated heterocycles. The summed E-state index contributed by atoms with van der Waals surface area (Å²) >= 11 is 0. The van der Waals surface area contributed by atoms with Gasteiger partial charge in [0, 0.05) is 23.8 Å². The number of nitro benzene ring substituents is 1. The van der Waals surface area contributed by atoms with Gasteiger partial charge in [-0.1, -0.05) is 43.3 Å². The number of nitrogens with zero attached hydrogens (tertiary/aromatic N) is 1. The lowest BCUT2D eigenvalue weighted by atomic mass is 9.91. The molecule has 1 aliphatic carbocycles. The van der Waals surface area contributed by atoms with E-state index < -0.39 is 33.9 Å². The van der Waals surface area contributed by atoms with Crippen LogP contribution in [0.2, 0.25) is 0 Å². The number of hydrogen-bond acceptors (Lipinski definition) is 6. The van der Waals surface area contributed by atoms with Crippen LogP contribution < -0.4 is 0 Å². The van der Waals surface area contributed by atoms with E-state index in [1.54, 1.807) is 24.3 Å². The van der Waals surface area contributed by atoms with Crippen molar-refractivity contribution in [1.29, 1.82) is 0 Å². The van der Waals surface area contributed by atoms with Crippen LogP contribution in [0, 0.1) is 22.0 Å². The number of carbonyl (C=O) groups is 3. The Morgan fingerprint density at radius 1 is 1.07 bits per heavy atom. The monoisotopic (exact) mass is 393 g/mol. The van der Waals surface area contributed by atoms with Crippen molar-refractivity contribution in [3.63, 3.8) is 0 Å². The molecule has 0 radical (unpaired) electrons. The number of rotatable bonds is 4. The molecule has 0 spiro atoms. The minimum absolute atomic E-state index is 0.0306. The van der Waals surface area contributed by atoms with E-state index in [1.807, 2.05) is 0 Å². The smallest absolute Gasteiger partial charge is 0.280 e. The number of nitro groups is 1. The Morgan fingerprint density at radius 3 is 2.41 bits per heavy atom. The van der Waals surface area contributed by atoms with Gasteiger partial charge in [0.05, 0.1) is 11.0 Å². The van der Waals surface area contributed by atoms with Crippen molar-refractivity contribution in [2.45, 2.75) is 25.9 Å². The number of fused-ring (bicyclic) bond motifs is 1. The van der Waals surface area contributed by atoms with Crippen LogP contribution in [0.15, 0.2) is 42.5 Å². The average molecular weight is 393 g/mol. The zero-order valence-corrected chi connectivity index (χ0v) is 15.8. The second-order valence-corrected chi connectivity index (χ2v) is 7.61. The van der Waals surface area contributed by atoms with E-state index in [1.165, 1.54) is 12.1 Å². The molecule has 7 heteroatoms. The molecule has 1 heterocycles. The molecule has 3 atom stereocenters. The lowest BCUT2D eigenvalue weighted by molar-refractivity contribution is -0.385. The highest BCUT2D eigenvalue weighted by Crippen LogP contribution is 2.35. The van der Waals surface area contributed by atoms with E-state index in [0.717, 1.165) is 24.5 Å². The maximum absolute atomic E-state index is 12.9. The van der Waals surface area contributed by atoms with Gasteiger partial charge in [-0.3, -0.25) is 24.5 Å². The van der Waals surface area contributed by atoms with E-state index in [4.69, 9.17) is 4.74 Å². The fraction of sp³-hybridized carbons (Fsp3) is 0.318. The van der Waals surface area contributed by atoms with Crippen LogP contribution in [0.25, 0.3) is 0 Å². The number of carbonyl (C=O) groups excluding carboxylic acids is 3. The first-order valence-electron chi connectivity index (χ1n) is 9.50. The summed E-state index contributed by atoms with van der Waals surface area (Å²) in [6.45, 7) is 2.82. The van der Waals surface area contributed by atoms with Crippen LogP contribution in [0.4, 0.5) is 5.69 Å². The predicted octanol–water partition coefficient (Wildman–Crippen LogP) is 3.96. The van der Waals surface area contributed by atoms with Crippen LogP contribution >= 0.6 is 0 Å². The topological polar surface area (TPSA) is 104 Å². The van der Waals surface area contributed by atoms with Crippen molar-refractivity contribution >= 4 is 23.0 Å². The Hall–Kier alpha value is -3.19. The van der Waals surface area contributed by atoms with Crippen molar-refractivity contribution in [2.75, 3.05) is 6.61 Å². The Balaban J connectivity index is 1.59. The zero-order valence-electron chi connectivity index (χ0n) is 15.8. The molecule has 7 nitrogen and oxygen atoms in total. The molecule has 0 N–H and O–H groups in total. The summed E-state index contributed by atoms with van der Waals surface area (Å²) in [6.07, 6.45) is 1.93. The summed E-state index contributed by atoms with van der Waals surface area (Å²) in [5, 5.41) is 11.2. The summed E-state index contributed by atoms with van der Waals surface area (Å²) in [6, 6.07) is 10.6. The molecule has 1 aliphatic heterocycles. The van der Waals surface area contributed by atoms with Gasteiger partial charge in [-0.05, 0) is 24.3 Å². The third-order valence-corrected chi connectivity index (χ3v) is 5.61. The Morgan fingerprint density at radius 2 is 1.79 bits per heavy atom. The van der Waals surface area contributed by atoms with E-state index in [0.29, 0.717) is 12.5 Å². The highest BCUT2D eigenvalue weighted by atomic mass is 16.6. The molecule has 2 aromatic carbocycles. The molecule has 148 valence electrons. The van der Waals surface area contributed by atoms with Crippen molar-refractivity contribution in [3.8, 4) is 0 Å². The summed E-state index contributed by atoms with van der Waals surface area (Å²) in [7, 11) is 0. The van der Waals surface area contributed by atoms with Gasteiger partial charge in [0.15, 0.2) is 17.3 Å². The van der Waals surface area contributed by atoms with Gasteiger partial charge in [0.25, 0.3) is 5.69 Å². The maximum Gasteiger partial charge on any atom is 0.280 e. The molecule has 3 unspecified atom stereocenters. The van der Waals surface area contributed by atoms with Gasteiger partial charge in [-0.2, -0.15) is 0 Å². The van der Waals surface area contributed by atoms with Gasteiger partial charge >= 0.3 is 0 Å². The van der Waals surface area contributed by atoms with Gasteiger partial charge in [-0.15, -0.1) is 0 Å². The van der Waals surface area contributed by atoms with Gasteiger partial charge in [0.2, 0.25) is 0 Å². The minimum atomic E-state index is -1.57. The van der Waals surface area contributed by atoms with Gasteiger partial charge in [-0.25, -0.2) is 0 Å². The number of hydrogen-bond donors (Lipinski definition) is 0.